The summed E-state index contributed by atoms with van der Waals surface area (Å²) in [6, 6.07) is 7.92. The first-order chi connectivity index (χ1) is 17.8. The molecule has 4 heterocycles. The zero-order valence-corrected chi connectivity index (χ0v) is 19.1. The maximum Gasteiger partial charge on any atom is 0.335 e. The average Bonchev–Trinajstić information content (AvgIpc) is 3.20. The molecular formula is C25H30N2O8. The van der Waals surface area contributed by atoms with Crippen molar-refractivity contribution in [2.75, 3.05) is 20.1 Å². The van der Waals surface area contributed by atoms with E-state index in [9.17, 15) is 14.4 Å². The highest BCUT2D eigenvalue weighted by molar-refractivity contribution is 5.92. The van der Waals surface area contributed by atoms with E-state index in [0.29, 0.717) is 6.42 Å². The largest absolute Gasteiger partial charge is 0.479 e. The van der Waals surface area contributed by atoms with Crippen LogP contribution in [0.5, 0.6) is 0 Å². The first kappa shape index (κ1) is 21.1. The smallest absolute Gasteiger partial charge is 0.335 e. The summed E-state index contributed by atoms with van der Waals surface area (Å²) >= 11 is 0. The Morgan fingerprint density at radius 2 is 1.91 bits per heavy atom. The molecule has 35 heavy (non-hydrogen) atoms. The summed E-state index contributed by atoms with van der Waals surface area (Å²) in [6.07, 6.45) is 0.0375. The lowest BCUT2D eigenvalue weighted by molar-refractivity contribution is -0.165. The molecule has 1 aromatic heterocycles. The maximum absolute atomic E-state index is 13.5. The third kappa shape index (κ3) is 4.01. The number of methoxy groups -OCH3 is 1. The quantitative estimate of drug-likeness (QED) is 0.305. The second kappa shape index (κ2) is 9.44. The van der Waals surface area contributed by atoms with Crippen LogP contribution < -0.4 is 0 Å². The number of nitrogens with one attached hydrogen (secondary N) is 1. The van der Waals surface area contributed by atoms with Gasteiger partial charge < -0.3 is 30.1 Å². The average molecular weight is 490 g/mol. The number of para-hydroxylation sites is 1. The number of aromatic amines is 1. The van der Waals surface area contributed by atoms with Crippen molar-refractivity contribution in [1.82, 2.24) is 9.88 Å². The molecule has 4 bridgehead atoms. The predicted molar refractivity (Wildman–Crippen MR) is 125 cm³/mol. The minimum atomic E-state index is -2.75. The van der Waals surface area contributed by atoms with Crippen LogP contribution in [0.25, 0.3) is 10.9 Å². The number of H-pyrrole nitrogens is 1. The number of aliphatic carboxylic acids is 2. The van der Waals surface area contributed by atoms with E-state index in [-0.39, 0.29) is 12.0 Å². The molecule has 0 radical (unpaired) electrons. The number of rotatable bonds is 5. The number of aliphatic hydroxyl groups excluding tert-OH is 2. The molecule has 6 rings (SSSR count). The van der Waals surface area contributed by atoms with Crippen molar-refractivity contribution in [2.45, 2.75) is 49.9 Å². The van der Waals surface area contributed by atoms with Crippen LogP contribution in [0.1, 0.15) is 35.1 Å². The van der Waals surface area contributed by atoms with Crippen molar-refractivity contribution in [1.29, 1.82) is 0 Å². The molecule has 1 aromatic carbocycles. The molecular weight excluding hydrogens is 456 g/mol. The number of hydrogen-bond donors (Lipinski definition) is 5. The van der Waals surface area contributed by atoms with E-state index in [2.05, 4.69) is 29.0 Å². The molecule has 3 aliphatic heterocycles. The van der Waals surface area contributed by atoms with E-state index in [1.807, 2.05) is 18.2 Å². The van der Waals surface area contributed by atoms with Crippen LogP contribution in [0.3, 0.4) is 0 Å². The van der Waals surface area contributed by atoms with Gasteiger partial charge in [0.1, 0.15) is 5.41 Å². The Hall–Kier alpha value is -3.21. The van der Waals surface area contributed by atoms with Gasteiger partial charge in [-0.1, -0.05) is 36.8 Å². The fraction of sp³-hybridized carbons (Fsp3) is 0.480. The third-order valence-corrected chi connectivity index (χ3v) is 7.27. The van der Waals surface area contributed by atoms with Gasteiger partial charge >= 0.3 is 17.9 Å². The summed E-state index contributed by atoms with van der Waals surface area (Å²) in [5.74, 6) is -3.94. The number of nitrogens with zero attached hydrogens (tertiary/aromatic N) is 1. The predicted octanol–water partition coefficient (Wildman–Crippen LogP) is 1.05. The van der Waals surface area contributed by atoms with Gasteiger partial charge in [0, 0.05) is 29.7 Å². The molecule has 0 spiro atoms. The van der Waals surface area contributed by atoms with Gasteiger partial charge in [0.25, 0.3) is 0 Å². The summed E-state index contributed by atoms with van der Waals surface area (Å²) in [5.41, 5.74) is 3.20. The van der Waals surface area contributed by atoms with Gasteiger partial charge in [-0.2, -0.15) is 0 Å². The summed E-state index contributed by atoms with van der Waals surface area (Å²) in [5, 5.41) is 33.6. The number of piperidine rings is 1. The summed E-state index contributed by atoms with van der Waals surface area (Å²) in [4.78, 5) is 39.0. The number of carboxylic acid groups (broad SMARTS) is 2. The number of fused-ring (bicyclic) bond motifs is 3. The Kier molecular flexibility index (Phi) is 5.69. The van der Waals surface area contributed by atoms with Gasteiger partial charge in [0.15, 0.2) is 12.2 Å². The van der Waals surface area contributed by atoms with Crippen LogP contribution in [0.4, 0.5) is 0 Å². The number of ether oxygens (including phenoxy) is 1. The van der Waals surface area contributed by atoms with Crippen LogP contribution in [0.2, 0.25) is 0 Å². The zero-order chi connectivity index (χ0) is 28.0. The van der Waals surface area contributed by atoms with Gasteiger partial charge in [-0.15, -0.1) is 0 Å². The van der Waals surface area contributed by atoms with Gasteiger partial charge in [0.2, 0.25) is 0 Å². The van der Waals surface area contributed by atoms with Crippen LogP contribution in [0, 0.1) is 5.92 Å². The molecule has 2 aromatic rings. The lowest BCUT2D eigenvalue weighted by atomic mass is 9.60. The highest BCUT2D eigenvalue weighted by Gasteiger charge is 2.60. The lowest BCUT2D eigenvalue weighted by Gasteiger charge is -2.53. The molecule has 10 nitrogen and oxygen atoms in total. The van der Waals surface area contributed by atoms with E-state index in [1.54, 1.807) is 0 Å². The standard InChI is InChI=1S/C21H24N2O2.C4H6O6/c1-3-14-10-13-11-21(20(24)25-2)18-16(8-9-23(12-13)19(14)21)15-6-4-5-7-17(15)22-18;5-1(3(7)8)2(6)4(9)10/h4-7,10,13,19,22H,3,8-9,11-12H2,1-2H3;1-2,5-6H,(H,7,8)(H,9,10)/t13?,19-,21+;/m1./s1/i2D3;. The number of aromatic nitrogens is 1. The molecule has 4 aliphatic rings. The minimum Gasteiger partial charge on any atom is -0.479 e. The van der Waals surface area contributed by atoms with Gasteiger partial charge in [-0.05, 0) is 36.8 Å². The minimum absolute atomic E-state index is 0.147. The third-order valence-electron chi connectivity index (χ3n) is 7.27. The summed E-state index contributed by atoms with van der Waals surface area (Å²) in [6.45, 7) is 3.88. The molecule has 5 N–H and O–H groups in total. The second-order valence-corrected chi connectivity index (χ2v) is 9.16. The van der Waals surface area contributed by atoms with Gasteiger partial charge in [-0.3, -0.25) is 9.69 Å². The van der Waals surface area contributed by atoms with E-state index in [0.717, 1.165) is 48.1 Å². The van der Waals surface area contributed by atoms with Gasteiger partial charge in [-0.25, -0.2) is 9.59 Å². The van der Waals surface area contributed by atoms with E-state index in [4.69, 9.17) is 29.3 Å². The number of carboxylic acids is 2. The summed E-state index contributed by atoms with van der Waals surface area (Å²) < 4.78 is 27.7. The van der Waals surface area contributed by atoms with E-state index >= 15 is 0 Å². The van der Waals surface area contributed by atoms with E-state index < -0.39 is 42.6 Å². The zero-order valence-electron chi connectivity index (χ0n) is 22.1. The molecule has 1 saturated heterocycles. The SMILES string of the molecule is O=C(O)C(O)C(O)C(=O)O.[2H]C([2H])([2H])OC(=O)[C@]12CC3C=C(CC)[C@H]1N(CCc1c2[nH]c2ccccc12)C3. The molecule has 1 aliphatic carbocycles. The summed E-state index contributed by atoms with van der Waals surface area (Å²) in [7, 11) is -2.75. The molecule has 1 fully saturated rings. The number of benzene rings is 1. The van der Waals surface area contributed by atoms with Crippen LogP contribution >= 0.6 is 0 Å². The Bertz CT molecular complexity index is 1270. The van der Waals surface area contributed by atoms with Crippen molar-refractivity contribution in [3.8, 4) is 0 Å². The Morgan fingerprint density at radius 1 is 1.23 bits per heavy atom. The fourth-order valence-electron chi connectivity index (χ4n) is 5.89. The van der Waals surface area contributed by atoms with Crippen LogP contribution in [-0.2, 0) is 31.0 Å². The van der Waals surface area contributed by atoms with Crippen molar-refractivity contribution < 1.29 is 43.7 Å². The van der Waals surface area contributed by atoms with Crippen molar-refractivity contribution in [3.05, 3.63) is 47.2 Å². The molecule has 0 saturated carbocycles. The van der Waals surface area contributed by atoms with Crippen molar-refractivity contribution >= 4 is 28.8 Å². The van der Waals surface area contributed by atoms with Crippen molar-refractivity contribution in [2.24, 2.45) is 5.92 Å². The van der Waals surface area contributed by atoms with Crippen molar-refractivity contribution in [3.63, 3.8) is 0 Å². The normalized spacial score (nSPS) is 29.6. The fourth-order valence-corrected chi connectivity index (χ4v) is 5.89. The number of aliphatic hydroxyl groups is 2. The first-order valence-corrected chi connectivity index (χ1v) is 11.4. The van der Waals surface area contributed by atoms with Crippen LogP contribution in [0.15, 0.2) is 35.9 Å². The Morgan fingerprint density at radius 3 is 2.54 bits per heavy atom. The molecule has 10 heteroatoms. The molecule has 188 valence electrons. The number of carbonyl (C=O) groups excluding carboxylic acids is 1. The number of carbonyl (C=O) groups is 3. The first-order valence-electron chi connectivity index (χ1n) is 12.9. The number of esters is 1. The highest BCUT2D eigenvalue weighted by atomic mass is 16.5. The molecule has 4 unspecified atom stereocenters. The molecule has 6 atom stereocenters. The van der Waals surface area contributed by atoms with E-state index in [1.165, 1.54) is 5.57 Å². The van der Waals surface area contributed by atoms with Crippen LogP contribution in [-0.4, -0.2) is 86.6 Å². The molecule has 0 amide bonds. The second-order valence-electron chi connectivity index (χ2n) is 9.16. The lowest BCUT2D eigenvalue weighted by Crippen LogP contribution is -2.63. The Balaban J connectivity index is 0.000000289. The number of hydrogen-bond acceptors (Lipinski definition) is 7. The Labute approximate surface area is 206 Å². The monoisotopic (exact) mass is 489 g/mol. The van der Waals surface area contributed by atoms with Gasteiger partial charge in [0.05, 0.1) is 17.2 Å². The maximum atomic E-state index is 13.5. The topological polar surface area (TPSA) is 160 Å². The highest BCUT2D eigenvalue weighted by Crippen LogP contribution is 2.53.